The Bertz CT molecular complexity index is 1010. The van der Waals surface area contributed by atoms with Crippen molar-refractivity contribution in [2.75, 3.05) is 13.2 Å². The molecule has 2 heterocycles. The highest BCUT2D eigenvalue weighted by Gasteiger charge is 2.34. The van der Waals surface area contributed by atoms with Gasteiger partial charge in [0, 0.05) is 17.2 Å². The molecule has 2 aromatic carbocycles. The average Bonchev–Trinajstić information content (AvgIpc) is 3.33. The van der Waals surface area contributed by atoms with Crippen LogP contribution >= 0.6 is 47.2 Å². The molecule has 0 aliphatic carbocycles. The summed E-state index contributed by atoms with van der Waals surface area (Å²) in [6.07, 6.45) is 3.86. The lowest BCUT2D eigenvalue weighted by Crippen LogP contribution is -2.35. The van der Waals surface area contributed by atoms with Crippen molar-refractivity contribution in [1.82, 2.24) is 4.90 Å². The van der Waals surface area contributed by atoms with Crippen molar-refractivity contribution in [3.63, 3.8) is 0 Å². The average molecular weight is 480 g/mol. The molecule has 8 heteroatoms. The molecule has 0 unspecified atom stereocenters. The number of thioether (sulfide) groups is 1. The Hall–Kier alpha value is -1.57. The molecule has 0 N–H and O–H groups in total. The molecule has 0 bridgehead atoms. The van der Waals surface area contributed by atoms with Gasteiger partial charge in [0.25, 0.3) is 5.91 Å². The van der Waals surface area contributed by atoms with E-state index in [1.807, 2.05) is 30.3 Å². The number of rotatable bonds is 6. The number of carbonyl (C=O) groups excluding carboxylic acids is 1. The monoisotopic (exact) mass is 479 g/mol. The highest BCUT2D eigenvalue weighted by atomic mass is 35.5. The molecular formula is C22H19Cl2NO3S2. The topological polar surface area (TPSA) is 38.8 Å². The summed E-state index contributed by atoms with van der Waals surface area (Å²) in [6, 6.07) is 12.9. The van der Waals surface area contributed by atoms with Gasteiger partial charge in [0.05, 0.1) is 22.6 Å². The molecule has 2 aromatic rings. The summed E-state index contributed by atoms with van der Waals surface area (Å²) in [5.41, 5.74) is 1.69. The van der Waals surface area contributed by atoms with E-state index in [2.05, 4.69) is 0 Å². The first-order valence-corrected chi connectivity index (χ1v) is 11.5. The Morgan fingerprint density at radius 1 is 1.23 bits per heavy atom. The minimum Gasteiger partial charge on any atom is -0.487 e. The van der Waals surface area contributed by atoms with Crippen LogP contribution in [0.4, 0.5) is 0 Å². The Morgan fingerprint density at radius 2 is 2.07 bits per heavy atom. The maximum atomic E-state index is 12.8. The number of nitrogens with zero attached hydrogens (tertiary/aromatic N) is 1. The van der Waals surface area contributed by atoms with Crippen LogP contribution in [0.1, 0.15) is 24.0 Å². The van der Waals surface area contributed by atoms with Crippen LogP contribution in [0.3, 0.4) is 0 Å². The third kappa shape index (κ3) is 5.01. The molecule has 2 saturated heterocycles. The quantitative estimate of drug-likeness (QED) is 0.377. The van der Waals surface area contributed by atoms with Crippen LogP contribution in [0.25, 0.3) is 6.08 Å². The second-order valence-corrected chi connectivity index (χ2v) is 9.49. The van der Waals surface area contributed by atoms with Gasteiger partial charge < -0.3 is 9.47 Å². The second kappa shape index (κ2) is 9.71. The minimum atomic E-state index is -0.0873. The lowest BCUT2D eigenvalue weighted by molar-refractivity contribution is -0.123. The molecule has 2 fully saturated rings. The van der Waals surface area contributed by atoms with Crippen LogP contribution in [-0.4, -0.2) is 34.4 Å². The molecule has 30 heavy (non-hydrogen) atoms. The Morgan fingerprint density at radius 3 is 2.80 bits per heavy atom. The predicted molar refractivity (Wildman–Crippen MR) is 126 cm³/mol. The smallest absolute Gasteiger partial charge is 0.266 e. The second-order valence-electron chi connectivity index (χ2n) is 7.00. The van der Waals surface area contributed by atoms with Crippen molar-refractivity contribution in [3.8, 4) is 5.75 Å². The van der Waals surface area contributed by atoms with Crippen LogP contribution in [0.15, 0.2) is 47.4 Å². The van der Waals surface area contributed by atoms with E-state index in [4.69, 9.17) is 44.9 Å². The first-order chi connectivity index (χ1) is 14.5. The third-order valence-electron chi connectivity index (χ3n) is 4.88. The maximum Gasteiger partial charge on any atom is 0.266 e. The van der Waals surface area contributed by atoms with Gasteiger partial charge in [0.2, 0.25) is 0 Å². The van der Waals surface area contributed by atoms with Crippen LogP contribution in [0.5, 0.6) is 5.75 Å². The Balaban J connectivity index is 1.43. The minimum absolute atomic E-state index is 0.0656. The number of hydrogen-bond donors (Lipinski definition) is 0. The van der Waals surface area contributed by atoms with Gasteiger partial charge in [-0.05, 0) is 42.7 Å². The van der Waals surface area contributed by atoms with Crippen molar-refractivity contribution in [2.45, 2.75) is 25.6 Å². The molecule has 4 nitrogen and oxygen atoms in total. The number of carbonyl (C=O) groups is 1. The maximum absolute atomic E-state index is 12.8. The standard InChI is InChI=1S/C22H19Cl2NO3S2/c23-17-6-2-1-4-15(17)13-28-19-8-7-14(10-18(19)24)11-20-21(26)25(22(29)30-20)12-16-5-3-9-27-16/h1-2,4,6-8,10-11,16H,3,5,9,12-13H2/b20-11-/t16-/m0/s1. The van der Waals surface area contributed by atoms with E-state index in [1.165, 1.54) is 11.8 Å². The molecule has 0 radical (unpaired) electrons. The van der Waals surface area contributed by atoms with E-state index in [9.17, 15) is 4.79 Å². The number of ether oxygens (including phenoxy) is 2. The fourth-order valence-electron chi connectivity index (χ4n) is 3.30. The zero-order chi connectivity index (χ0) is 21.1. The molecule has 2 aliphatic rings. The normalized spacial score (nSPS) is 20.4. The number of halogens is 2. The van der Waals surface area contributed by atoms with E-state index >= 15 is 0 Å². The van der Waals surface area contributed by atoms with E-state index in [0.29, 0.717) is 38.2 Å². The van der Waals surface area contributed by atoms with E-state index in [1.54, 1.807) is 23.1 Å². The van der Waals surface area contributed by atoms with Gasteiger partial charge in [0.1, 0.15) is 16.7 Å². The summed E-state index contributed by atoms with van der Waals surface area (Å²) in [4.78, 5) is 15.0. The van der Waals surface area contributed by atoms with Gasteiger partial charge in [0.15, 0.2) is 0 Å². The van der Waals surface area contributed by atoms with Gasteiger partial charge in [-0.15, -0.1) is 0 Å². The molecule has 156 valence electrons. The predicted octanol–water partition coefficient (Wildman–Crippen LogP) is 5.95. The summed E-state index contributed by atoms with van der Waals surface area (Å²) >= 11 is 19.3. The zero-order valence-corrected chi connectivity index (χ0v) is 19.1. The molecule has 0 spiro atoms. The summed E-state index contributed by atoms with van der Waals surface area (Å²) in [7, 11) is 0. The highest BCUT2D eigenvalue weighted by molar-refractivity contribution is 8.26. The van der Waals surface area contributed by atoms with Crippen LogP contribution in [0.2, 0.25) is 10.0 Å². The fraction of sp³-hybridized carbons (Fsp3) is 0.273. The number of amides is 1. The van der Waals surface area contributed by atoms with E-state index in [0.717, 1.165) is 30.6 Å². The van der Waals surface area contributed by atoms with Gasteiger partial charge in [-0.3, -0.25) is 9.69 Å². The van der Waals surface area contributed by atoms with Gasteiger partial charge >= 0.3 is 0 Å². The summed E-state index contributed by atoms with van der Waals surface area (Å²) < 4.78 is 12.0. The summed E-state index contributed by atoms with van der Waals surface area (Å²) in [6.45, 7) is 1.58. The molecule has 4 rings (SSSR count). The first-order valence-electron chi connectivity index (χ1n) is 9.54. The van der Waals surface area contributed by atoms with Crippen LogP contribution in [0, 0.1) is 0 Å². The third-order valence-corrected chi connectivity index (χ3v) is 6.92. The largest absolute Gasteiger partial charge is 0.487 e. The summed E-state index contributed by atoms with van der Waals surface area (Å²) in [5.74, 6) is 0.468. The van der Waals surface area contributed by atoms with Crippen molar-refractivity contribution in [2.24, 2.45) is 0 Å². The SMILES string of the molecule is O=C1/C(=C/c2ccc(OCc3ccccc3Cl)c(Cl)c2)SC(=S)N1C[C@@H]1CCCO1. The van der Waals surface area contributed by atoms with Gasteiger partial charge in [-0.25, -0.2) is 0 Å². The summed E-state index contributed by atoms with van der Waals surface area (Å²) in [5, 5.41) is 1.11. The lowest BCUT2D eigenvalue weighted by atomic mass is 10.2. The highest BCUT2D eigenvalue weighted by Crippen LogP contribution is 2.35. The number of benzene rings is 2. The molecule has 0 saturated carbocycles. The Labute approximate surface area is 195 Å². The van der Waals surface area contributed by atoms with Crippen LogP contribution in [-0.2, 0) is 16.1 Å². The lowest BCUT2D eigenvalue weighted by Gasteiger charge is -2.18. The van der Waals surface area contributed by atoms with Crippen molar-refractivity contribution < 1.29 is 14.3 Å². The molecule has 2 aliphatic heterocycles. The zero-order valence-electron chi connectivity index (χ0n) is 16.0. The van der Waals surface area contributed by atoms with E-state index < -0.39 is 0 Å². The van der Waals surface area contributed by atoms with E-state index in [-0.39, 0.29) is 12.0 Å². The molecular weight excluding hydrogens is 461 g/mol. The molecule has 1 atom stereocenters. The molecule has 0 aromatic heterocycles. The van der Waals surface area contributed by atoms with Crippen LogP contribution < -0.4 is 4.74 Å². The number of thiocarbonyl (C=S) groups is 1. The van der Waals surface area contributed by atoms with Crippen molar-refractivity contribution in [3.05, 3.63) is 68.5 Å². The molecule has 1 amide bonds. The fourth-order valence-corrected chi connectivity index (χ4v) is 5.00. The first kappa shape index (κ1) is 21.7. The van der Waals surface area contributed by atoms with Crippen molar-refractivity contribution in [1.29, 1.82) is 0 Å². The van der Waals surface area contributed by atoms with Crippen molar-refractivity contribution >= 4 is 63.5 Å². The van der Waals surface area contributed by atoms with Gasteiger partial charge in [-0.1, -0.05) is 71.4 Å². The number of hydrogen-bond acceptors (Lipinski definition) is 5. The van der Waals surface area contributed by atoms with Gasteiger partial charge in [-0.2, -0.15) is 0 Å². The Kier molecular flexibility index (Phi) is 7.01.